The van der Waals surface area contributed by atoms with E-state index < -0.39 is 15.9 Å². The second-order valence-corrected chi connectivity index (χ2v) is 9.68. The van der Waals surface area contributed by atoms with E-state index in [0.717, 1.165) is 0 Å². The minimum absolute atomic E-state index is 0.0227. The largest absolute Gasteiger partial charge is 0.449 e. The van der Waals surface area contributed by atoms with E-state index in [4.69, 9.17) is 9.15 Å². The first-order valence-electron chi connectivity index (χ1n) is 10.6. The van der Waals surface area contributed by atoms with E-state index in [-0.39, 0.29) is 33.9 Å². The molecule has 0 bridgehead atoms. The molecule has 0 atom stereocenters. The van der Waals surface area contributed by atoms with Gasteiger partial charge in [-0.15, -0.1) is 0 Å². The van der Waals surface area contributed by atoms with Gasteiger partial charge in [-0.1, -0.05) is 18.2 Å². The molecule has 1 aromatic heterocycles. The Morgan fingerprint density at radius 2 is 1.76 bits per heavy atom. The molecule has 174 valence electrons. The van der Waals surface area contributed by atoms with Gasteiger partial charge in [-0.05, 0) is 44.2 Å². The fourth-order valence-corrected chi connectivity index (χ4v) is 4.90. The summed E-state index contributed by atoms with van der Waals surface area (Å²) in [7, 11) is -3.77. The number of benzene rings is 2. The first-order valence-corrected chi connectivity index (χ1v) is 12.1. The van der Waals surface area contributed by atoms with Gasteiger partial charge in [-0.3, -0.25) is 9.59 Å². The van der Waals surface area contributed by atoms with Crippen molar-refractivity contribution in [3.63, 3.8) is 0 Å². The number of para-hydroxylation sites is 1. The summed E-state index contributed by atoms with van der Waals surface area (Å²) in [6.45, 7) is 5.13. The molecule has 9 nitrogen and oxygen atoms in total. The van der Waals surface area contributed by atoms with Crippen molar-refractivity contribution in [2.75, 3.05) is 31.6 Å². The van der Waals surface area contributed by atoms with Crippen molar-refractivity contribution in [1.29, 1.82) is 0 Å². The van der Waals surface area contributed by atoms with Crippen LogP contribution in [0.1, 0.15) is 34.8 Å². The molecule has 2 N–H and O–H groups in total. The number of nitrogens with zero attached hydrogens (tertiary/aromatic N) is 1. The van der Waals surface area contributed by atoms with Gasteiger partial charge in [0.15, 0.2) is 0 Å². The van der Waals surface area contributed by atoms with Crippen molar-refractivity contribution in [2.45, 2.75) is 24.8 Å². The van der Waals surface area contributed by atoms with Crippen LogP contribution in [-0.2, 0) is 14.8 Å². The number of amides is 2. The van der Waals surface area contributed by atoms with E-state index in [1.165, 1.54) is 24.3 Å². The maximum absolute atomic E-state index is 13.1. The molecule has 0 saturated carbocycles. The Kier molecular flexibility index (Phi) is 6.50. The summed E-state index contributed by atoms with van der Waals surface area (Å²) < 4.78 is 38.6. The van der Waals surface area contributed by atoms with Crippen LogP contribution in [0.3, 0.4) is 0 Å². The first kappa shape index (κ1) is 23.0. The second-order valence-electron chi connectivity index (χ2n) is 7.96. The Morgan fingerprint density at radius 1 is 1.03 bits per heavy atom. The summed E-state index contributed by atoms with van der Waals surface area (Å²) in [5.74, 6) is -0.877. The fourth-order valence-electron chi connectivity index (χ4n) is 3.60. The molecule has 0 spiro atoms. The number of hydrogen-bond acceptors (Lipinski definition) is 6. The molecular formula is C23H25N3O6S. The van der Waals surface area contributed by atoms with E-state index in [1.807, 2.05) is 0 Å². The third kappa shape index (κ3) is 4.92. The summed E-state index contributed by atoms with van der Waals surface area (Å²) in [6.07, 6.45) is 0. The Morgan fingerprint density at radius 3 is 2.48 bits per heavy atom. The Balaban J connectivity index is 1.67. The molecule has 1 aliphatic heterocycles. The van der Waals surface area contributed by atoms with Crippen molar-refractivity contribution in [1.82, 2.24) is 9.62 Å². The Bertz CT molecular complexity index is 1290. The zero-order valence-electron chi connectivity index (χ0n) is 18.3. The number of fused-ring (bicyclic) bond motifs is 1. The highest BCUT2D eigenvalue weighted by molar-refractivity contribution is 7.89. The smallest absolute Gasteiger partial charge is 0.291 e. The lowest BCUT2D eigenvalue weighted by Gasteiger charge is -2.26. The number of anilines is 1. The van der Waals surface area contributed by atoms with Crippen LogP contribution in [0.2, 0.25) is 0 Å². The highest BCUT2D eigenvalue weighted by Crippen LogP contribution is 2.32. The molecule has 0 unspecified atom stereocenters. The van der Waals surface area contributed by atoms with Crippen LogP contribution in [-0.4, -0.2) is 57.5 Å². The van der Waals surface area contributed by atoms with Gasteiger partial charge in [0.1, 0.15) is 11.3 Å². The van der Waals surface area contributed by atoms with E-state index in [9.17, 15) is 18.0 Å². The predicted octanol–water partition coefficient (Wildman–Crippen LogP) is 2.84. The van der Waals surface area contributed by atoms with Gasteiger partial charge in [0.05, 0.1) is 18.1 Å². The molecule has 4 rings (SSSR count). The molecule has 2 heterocycles. The third-order valence-corrected chi connectivity index (χ3v) is 6.78. The van der Waals surface area contributed by atoms with Crippen LogP contribution >= 0.6 is 0 Å². The molecule has 0 aliphatic carbocycles. The Hall–Kier alpha value is -3.21. The third-order valence-electron chi connectivity index (χ3n) is 5.12. The highest BCUT2D eigenvalue weighted by Gasteiger charge is 2.28. The molecule has 2 amide bonds. The molecular weight excluding hydrogens is 446 g/mol. The number of sulfonamides is 1. The second kappa shape index (κ2) is 9.34. The zero-order valence-corrected chi connectivity index (χ0v) is 19.1. The number of carbonyl (C=O) groups excluding carboxylic acids is 2. The summed E-state index contributed by atoms with van der Waals surface area (Å²) in [5, 5.41) is 3.34. The predicted molar refractivity (Wildman–Crippen MR) is 123 cm³/mol. The molecule has 1 aliphatic rings. The van der Waals surface area contributed by atoms with E-state index in [2.05, 4.69) is 10.0 Å². The van der Waals surface area contributed by atoms with Gasteiger partial charge >= 0.3 is 0 Å². The van der Waals surface area contributed by atoms with Crippen molar-refractivity contribution in [2.24, 2.45) is 0 Å². The van der Waals surface area contributed by atoms with Crippen LogP contribution in [0, 0.1) is 0 Å². The maximum atomic E-state index is 13.1. The number of hydrogen-bond donors (Lipinski definition) is 2. The average molecular weight is 472 g/mol. The van der Waals surface area contributed by atoms with Crippen LogP contribution < -0.4 is 10.0 Å². The molecule has 10 heteroatoms. The van der Waals surface area contributed by atoms with Crippen LogP contribution in [0.25, 0.3) is 11.0 Å². The highest BCUT2D eigenvalue weighted by atomic mass is 32.2. The number of rotatable bonds is 6. The van der Waals surface area contributed by atoms with Gasteiger partial charge in [0, 0.05) is 30.1 Å². The topological polar surface area (TPSA) is 118 Å². The van der Waals surface area contributed by atoms with E-state index in [1.54, 1.807) is 43.0 Å². The van der Waals surface area contributed by atoms with Gasteiger partial charge in [-0.25, -0.2) is 13.1 Å². The van der Waals surface area contributed by atoms with Crippen molar-refractivity contribution in [3.8, 4) is 0 Å². The number of ether oxygens (including phenoxy) is 1. The molecule has 0 radical (unpaired) electrons. The fraction of sp³-hybridized carbons (Fsp3) is 0.304. The maximum Gasteiger partial charge on any atom is 0.291 e. The number of morpholine rings is 1. The van der Waals surface area contributed by atoms with Crippen LogP contribution in [0.4, 0.5) is 5.69 Å². The molecule has 33 heavy (non-hydrogen) atoms. The lowest BCUT2D eigenvalue weighted by Crippen LogP contribution is -2.40. The number of furan rings is 1. The minimum Gasteiger partial charge on any atom is -0.449 e. The SMILES string of the molecule is CC(C)NS(=O)(=O)c1cccc(C(=O)Nc2c(C(=O)N3CCOCC3)oc3ccccc23)c1. The first-order chi connectivity index (χ1) is 15.8. The summed E-state index contributed by atoms with van der Waals surface area (Å²) in [5.41, 5.74) is 0.846. The Labute approximate surface area is 191 Å². The van der Waals surface area contributed by atoms with Gasteiger partial charge in [0.2, 0.25) is 15.8 Å². The van der Waals surface area contributed by atoms with Gasteiger partial charge in [0.25, 0.3) is 11.8 Å². The van der Waals surface area contributed by atoms with Gasteiger partial charge in [-0.2, -0.15) is 0 Å². The molecule has 3 aromatic rings. The summed E-state index contributed by atoms with van der Waals surface area (Å²) >= 11 is 0. The zero-order chi connectivity index (χ0) is 23.6. The molecule has 1 saturated heterocycles. The molecule has 1 fully saturated rings. The van der Waals surface area contributed by atoms with Crippen LogP contribution in [0.5, 0.6) is 0 Å². The lowest BCUT2D eigenvalue weighted by molar-refractivity contribution is 0.0285. The quantitative estimate of drug-likeness (QED) is 0.571. The minimum atomic E-state index is -3.77. The number of nitrogens with one attached hydrogen (secondary N) is 2. The van der Waals surface area contributed by atoms with Crippen molar-refractivity contribution >= 4 is 38.5 Å². The lowest BCUT2D eigenvalue weighted by atomic mass is 10.1. The summed E-state index contributed by atoms with van der Waals surface area (Å²) in [6, 6.07) is 12.4. The van der Waals surface area contributed by atoms with E-state index >= 15 is 0 Å². The molecule has 2 aromatic carbocycles. The summed E-state index contributed by atoms with van der Waals surface area (Å²) in [4.78, 5) is 27.8. The van der Waals surface area contributed by atoms with Gasteiger partial charge < -0.3 is 19.4 Å². The van der Waals surface area contributed by atoms with Crippen molar-refractivity contribution in [3.05, 3.63) is 59.9 Å². The standard InChI is InChI=1S/C23H25N3O6S/c1-15(2)25-33(29,30)17-7-5-6-16(14-17)22(27)24-20-18-8-3-4-9-19(18)32-21(20)23(28)26-10-12-31-13-11-26/h3-9,14-15,25H,10-13H2,1-2H3,(H,24,27). The average Bonchev–Trinajstić information content (AvgIpc) is 3.17. The number of carbonyl (C=O) groups is 2. The van der Waals surface area contributed by atoms with Crippen LogP contribution in [0.15, 0.2) is 57.8 Å². The monoisotopic (exact) mass is 471 g/mol. The normalized spacial score (nSPS) is 14.6. The van der Waals surface area contributed by atoms with Crippen molar-refractivity contribution < 1.29 is 27.2 Å². The van der Waals surface area contributed by atoms with E-state index in [0.29, 0.717) is 37.3 Å².